The highest BCUT2D eigenvalue weighted by Crippen LogP contribution is 2.23. The molecule has 1 fully saturated rings. The maximum atomic E-state index is 12.5. The van der Waals surface area contributed by atoms with Crippen LogP contribution in [0.2, 0.25) is 0 Å². The van der Waals surface area contributed by atoms with E-state index in [2.05, 4.69) is 24.3 Å². The molecule has 4 unspecified atom stereocenters. The Morgan fingerprint density at radius 1 is 1.21 bits per heavy atom. The van der Waals surface area contributed by atoms with E-state index in [-0.39, 0.29) is 48.7 Å². The van der Waals surface area contributed by atoms with E-state index < -0.39 is 0 Å². The molecule has 0 saturated heterocycles. The summed E-state index contributed by atoms with van der Waals surface area (Å²) in [6.07, 6.45) is 4.50. The molecule has 1 aliphatic carbocycles. The summed E-state index contributed by atoms with van der Waals surface area (Å²) in [5, 5.41) is 3.21. The SMILES string of the molecule is CC(C(=O)NC1CCCC(N(C)C)C1)C(N)c1ccccc1.Cl.Cl. The van der Waals surface area contributed by atoms with Gasteiger partial charge in [-0.25, -0.2) is 0 Å². The second-order valence-corrected chi connectivity index (χ2v) is 6.71. The van der Waals surface area contributed by atoms with E-state index in [0.29, 0.717) is 6.04 Å². The molecule has 1 amide bonds. The second kappa shape index (κ2) is 10.9. The lowest BCUT2D eigenvalue weighted by Crippen LogP contribution is -2.46. The van der Waals surface area contributed by atoms with Crippen molar-refractivity contribution < 1.29 is 4.79 Å². The Hall–Kier alpha value is -0.810. The van der Waals surface area contributed by atoms with Gasteiger partial charge in [0.25, 0.3) is 0 Å². The summed E-state index contributed by atoms with van der Waals surface area (Å²) in [5.74, 6) is -0.150. The van der Waals surface area contributed by atoms with Gasteiger partial charge in [-0.3, -0.25) is 4.79 Å². The molecule has 4 nitrogen and oxygen atoms in total. The van der Waals surface area contributed by atoms with E-state index in [4.69, 9.17) is 5.73 Å². The molecule has 3 N–H and O–H groups in total. The number of carbonyl (C=O) groups is 1. The fourth-order valence-corrected chi connectivity index (χ4v) is 3.22. The first-order valence-electron chi connectivity index (χ1n) is 8.26. The fourth-order valence-electron chi connectivity index (χ4n) is 3.22. The van der Waals surface area contributed by atoms with Crippen molar-refractivity contribution in [1.29, 1.82) is 0 Å². The number of nitrogens with zero attached hydrogens (tertiary/aromatic N) is 1. The van der Waals surface area contributed by atoms with Crippen molar-refractivity contribution in [2.45, 2.75) is 50.7 Å². The number of nitrogens with one attached hydrogen (secondary N) is 1. The first-order valence-corrected chi connectivity index (χ1v) is 8.26. The van der Waals surface area contributed by atoms with Crippen LogP contribution in [0.3, 0.4) is 0 Å². The van der Waals surface area contributed by atoms with E-state index in [1.807, 2.05) is 37.3 Å². The summed E-state index contributed by atoms with van der Waals surface area (Å²) < 4.78 is 0. The average Bonchev–Trinajstić information content (AvgIpc) is 2.54. The van der Waals surface area contributed by atoms with Crippen molar-refractivity contribution in [3.8, 4) is 0 Å². The zero-order valence-corrected chi connectivity index (χ0v) is 16.4. The van der Waals surface area contributed by atoms with Gasteiger partial charge in [0.05, 0.1) is 5.92 Å². The van der Waals surface area contributed by atoms with Gasteiger partial charge in [-0.15, -0.1) is 24.8 Å². The molecule has 0 radical (unpaired) electrons. The van der Waals surface area contributed by atoms with E-state index in [1.54, 1.807) is 0 Å². The van der Waals surface area contributed by atoms with Crippen molar-refractivity contribution in [2.75, 3.05) is 14.1 Å². The minimum Gasteiger partial charge on any atom is -0.353 e. The Kier molecular flexibility index (Phi) is 10.6. The number of rotatable bonds is 5. The van der Waals surface area contributed by atoms with Crippen molar-refractivity contribution >= 4 is 30.7 Å². The quantitative estimate of drug-likeness (QED) is 0.830. The summed E-state index contributed by atoms with van der Waals surface area (Å²) in [6, 6.07) is 10.4. The first-order chi connectivity index (χ1) is 10.5. The maximum absolute atomic E-state index is 12.5. The van der Waals surface area contributed by atoms with E-state index >= 15 is 0 Å². The number of halogens is 2. The first kappa shape index (κ1) is 23.2. The Balaban J connectivity index is 0.00000264. The predicted molar refractivity (Wildman–Crippen MR) is 105 cm³/mol. The van der Waals surface area contributed by atoms with Gasteiger partial charge < -0.3 is 16.0 Å². The molecular formula is C18H31Cl2N3O. The third-order valence-corrected chi connectivity index (χ3v) is 4.86. The highest BCUT2D eigenvalue weighted by Gasteiger charge is 2.28. The number of nitrogens with two attached hydrogens (primary N) is 1. The molecule has 4 atom stereocenters. The van der Waals surface area contributed by atoms with Gasteiger partial charge in [-0.2, -0.15) is 0 Å². The topological polar surface area (TPSA) is 58.4 Å². The third kappa shape index (κ3) is 6.25. The lowest BCUT2D eigenvalue weighted by Gasteiger charge is -2.34. The van der Waals surface area contributed by atoms with E-state index in [0.717, 1.165) is 18.4 Å². The van der Waals surface area contributed by atoms with E-state index in [1.165, 1.54) is 12.8 Å². The summed E-state index contributed by atoms with van der Waals surface area (Å²) in [7, 11) is 4.23. The predicted octanol–water partition coefficient (Wildman–Crippen LogP) is 3.16. The molecule has 1 aromatic carbocycles. The number of hydrogen-bond donors (Lipinski definition) is 2. The van der Waals surface area contributed by atoms with Gasteiger partial charge >= 0.3 is 0 Å². The highest BCUT2D eigenvalue weighted by molar-refractivity contribution is 5.85. The van der Waals surface area contributed by atoms with Gasteiger partial charge in [-0.1, -0.05) is 37.3 Å². The molecule has 138 valence electrons. The van der Waals surface area contributed by atoms with E-state index in [9.17, 15) is 4.79 Å². The number of carbonyl (C=O) groups excluding carboxylic acids is 1. The summed E-state index contributed by atoms with van der Waals surface area (Å²) >= 11 is 0. The van der Waals surface area contributed by atoms with Gasteiger partial charge in [0, 0.05) is 18.1 Å². The minimum absolute atomic E-state index is 0. The van der Waals surface area contributed by atoms with Crippen LogP contribution < -0.4 is 11.1 Å². The van der Waals surface area contributed by atoms with Gasteiger partial charge in [0.2, 0.25) is 5.91 Å². The Labute approximate surface area is 158 Å². The zero-order valence-electron chi connectivity index (χ0n) is 14.8. The van der Waals surface area contributed by atoms with Crippen molar-refractivity contribution in [2.24, 2.45) is 11.7 Å². The molecule has 1 aromatic rings. The highest BCUT2D eigenvalue weighted by atomic mass is 35.5. The van der Waals surface area contributed by atoms with Crippen LogP contribution in [0.1, 0.15) is 44.2 Å². The minimum atomic E-state index is -0.255. The van der Waals surface area contributed by atoms with Gasteiger partial charge in [0.1, 0.15) is 0 Å². The Morgan fingerprint density at radius 3 is 2.42 bits per heavy atom. The summed E-state index contributed by atoms with van der Waals surface area (Å²) in [5.41, 5.74) is 7.26. The average molecular weight is 376 g/mol. The normalized spacial score (nSPS) is 22.7. The maximum Gasteiger partial charge on any atom is 0.224 e. The van der Waals surface area contributed by atoms with Crippen LogP contribution in [0.25, 0.3) is 0 Å². The third-order valence-electron chi connectivity index (χ3n) is 4.86. The van der Waals surface area contributed by atoms with Crippen LogP contribution in [0, 0.1) is 5.92 Å². The molecule has 2 rings (SSSR count). The van der Waals surface area contributed by atoms with Crippen LogP contribution in [-0.4, -0.2) is 37.0 Å². The lowest BCUT2D eigenvalue weighted by molar-refractivity contribution is -0.126. The molecule has 0 bridgehead atoms. The number of benzene rings is 1. The Bertz CT molecular complexity index is 484. The Morgan fingerprint density at radius 2 is 1.83 bits per heavy atom. The van der Waals surface area contributed by atoms with Crippen molar-refractivity contribution in [3.05, 3.63) is 35.9 Å². The standard InChI is InChI=1S/C18H29N3O.2ClH/c1-13(17(19)14-8-5-4-6-9-14)18(22)20-15-10-7-11-16(12-15)21(2)3;;/h4-6,8-9,13,15-17H,7,10-12,19H2,1-3H3,(H,20,22);2*1H. The molecule has 0 aromatic heterocycles. The summed E-state index contributed by atoms with van der Waals surface area (Å²) in [6.45, 7) is 1.92. The smallest absolute Gasteiger partial charge is 0.224 e. The molecule has 1 saturated carbocycles. The van der Waals surface area contributed by atoms with Crippen LogP contribution in [-0.2, 0) is 4.79 Å². The molecule has 24 heavy (non-hydrogen) atoms. The number of hydrogen-bond acceptors (Lipinski definition) is 3. The molecule has 0 heterocycles. The van der Waals surface area contributed by atoms with Crippen LogP contribution in [0.15, 0.2) is 30.3 Å². The van der Waals surface area contributed by atoms with Gasteiger partial charge in [0.15, 0.2) is 0 Å². The van der Waals surface area contributed by atoms with Crippen LogP contribution >= 0.6 is 24.8 Å². The molecule has 1 aliphatic rings. The zero-order chi connectivity index (χ0) is 16.1. The fraction of sp³-hybridized carbons (Fsp3) is 0.611. The van der Waals surface area contributed by atoms with Crippen LogP contribution in [0.5, 0.6) is 0 Å². The largest absolute Gasteiger partial charge is 0.353 e. The lowest BCUT2D eigenvalue weighted by atomic mass is 9.89. The van der Waals surface area contributed by atoms with Crippen LogP contribution in [0.4, 0.5) is 0 Å². The molecular weight excluding hydrogens is 345 g/mol. The van der Waals surface area contributed by atoms with Crippen molar-refractivity contribution in [3.63, 3.8) is 0 Å². The number of amides is 1. The molecule has 0 aliphatic heterocycles. The molecule has 0 spiro atoms. The van der Waals surface area contributed by atoms with Crippen molar-refractivity contribution in [1.82, 2.24) is 10.2 Å². The summed E-state index contributed by atoms with van der Waals surface area (Å²) in [4.78, 5) is 14.8. The second-order valence-electron chi connectivity index (χ2n) is 6.71. The molecule has 6 heteroatoms. The van der Waals surface area contributed by atoms with Gasteiger partial charge in [-0.05, 0) is 45.3 Å². The monoisotopic (exact) mass is 375 g/mol.